The number of hydrogen-bond donors (Lipinski definition) is 1. The van der Waals surface area contributed by atoms with Gasteiger partial charge in [-0.15, -0.1) is 0 Å². The molecule has 194 valence electrons. The van der Waals surface area contributed by atoms with E-state index >= 15 is 0 Å². The van der Waals surface area contributed by atoms with Crippen molar-refractivity contribution in [2.45, 2.75) is 6.54 Å². The van der Waals surface area contributed by atoms with Crippen LogP contribution in [0.1, 0.15) is 26.4 Å². The predicted octanol–water partition coefficient (Wildman–Crippen LogP) is 2.92. The van der Waals surface area contributed by atoms with Crippen molar-refractivity contribution in [2.75, 3.05) is 61.0 Å². The number of allylic oxidation sites excluding steroid dienone is 1. The van der Waals surface area contributed by atoms with Gasteiger partial charge < -0.3 is 28.9 Å². The SMILES string of the molecule is COc1ccc2c(c1)c(/C=C1\Oc3cc(O)ccc3C1=O)c(C(=O)N(C)C)n2CCN1CCN(C)CC1. The minimum atomic E-state index is -0.292. The molecule has 5 rings (SSSR count). The number of methoxy groups -OCH3 is 1. The highest BCUT2D eigenvalue weighted by atomic mass is 16.5. The first kappa shape index (κ1) is 24.9. The molecule has 0 unspecified atom stereocenters. The number of fused-ring (bicyclic) bond motifs is 2. The largest absolute Gasteiger partial charge is 0.508 e. The van der Waals surface area contributed by atoms with Crippen molar-refractivity contribution < 1.29 is 24.2 Å². The third-order valence-corrected chi connectivity index (χ3v) is 7.08. The van der Waals surface area contributed by atoms with Gasteiger partial charge in [0.1, 0.15) is 22.9 Å². The zero-order valence-electron chi connectivity index (χ0n) is 21.7. The van der Waals surface area contributed by atoms with Gasteiger partial charge in [0.2, 0.25) is 5.78 Å². The van der Waals surface area contributed by atoms with E-state index in [0.29, 0.717) is 34.9 Å². The van der Waals surface area contributed by atoms with Crippen molar-refractivity contribution in [1.29, 1.82) is 0 Å². The summed E-state index contributed by atoms with van der Waals surface area (Å²) in [5.41, 5.74) is 2.35. The zero-order chi connectivity index (χ0) is 26.3. The summed E-state index contributed by atoms with van der Waals surface area (Å²) in [6.07, 6.45) is 1.64. The van der Waals surface area contributed by atoms with Gasteiger partial charge in [-0.05, 0) is 43.5 Å². The van der Waals surface area contributed by atoms with Gasteiger partial charge in [-0.1, -0.05) is 0 Å². The van der Waals surface area contributed by atoms with E-state index in [-0.39, 0.29) is 23.2 Å². The van der Waals surface area contributed by atoms with Gasteiger partial charge in [-0.3, -0.25) is 14.5 Å². The van der Waals surface area contributed by atoms with Gasteiger partial charge in [-0.25, -0.2) is 0 Å². The molecule has 0 radical (unpaired) electrons. The van der Waals surface area contributed by atoms with Crippen LogP contribution in [-0.2, 0) is 6.54 Å². The van der Waals surface area contributed by atoms with E-state index in [1.165, 1.54) is 12.1 Å². The molecular formula is C28H32N4O5. The lowest BCUT2D eigenvalue weighted by molar-refractivity contribution is 0.0815. The van der Waals surface area contributed by atoms with Crippen molar-refractivity contribution in [1.82, 2.24) is 19.3 Å². The lowest BCUT2D eigenvalue weighted by Gasteiger charge is -2.32. The third kappa shape index (κ3) is 4.68. The van der Waals surface area contributed by atoms with Crippen LogP contribution in [-0.4, -0.2) is 97.0 Å². The lowest BCUT2D eigenvalue weighted by atomic mass is 10.1. The highest BCUT2D eigenvalue weighted by Crippen LogP contribution is 2.37. The third-order valence-electron chi connectivity index (χ3n) is 7.08. The Kier molecular flexibility index (Phi) is 6.66. The molecule has 2 aromatic carbocycles. The Bertz CT molecular complexity index is 1400. The van der Waals surface area contributed by atoms with Crippen molar-refractivity contribution in [3.8, 4) is 17.2 Å². The van der Waals surface area contributed by atoms with E-state index in [0.717, 1.165) is 43.6 Å². The number of ether oxygens (including phenoxy) is 2. The first-order chi connectivity index (χ1) is 17.8. The second-order valence-corrected chi connectivity index (χ2v) is 9.76. The number of benzene rings is 2. The number of Topliss-reactive ketones (excluding diaryl/α,β-unsaturated/α-hetero) is 1. The van der Waals surface area contributed by atoms with Crippen LogP contribution in [0.3, 0.4) is 0 Å². The molecule has 1 fully saturated rings. The minimum absolute atomic E-state index is 0.0153. The van der Waals surface area contributed by atoms with Gasteiger partial charge in [0.15, 0.2) is 5.76 Å². The van der Waals surface area contributed by atoms with E-state index < -0.39 is 0 Å². The van der Waals surface area contributed by atoms with Crippen LogP contribution in [0.2, 0.25) is 0 Å². The molecule has 1 saturated heterocycles. The standard InChI is InChI=1S/C28H32N4O5/c1-29(2)28(35)26-22(17-25-27(34)20-7-5-18(33)15-24(20)37-25)21-16-19(36-4)6-8-23(21)32(26)14-13-31-11-9-30(3)10-12-31/h5-8,15-17,33H,9-14H2,1-4H3/b25-17-. The molecule has 37 heavy (non-hydrogen) atoms. The summed E-state index contributed by atoms with van der Waals surface area (Å²) >= 11 is 0. The number of rotatable bonds is 6. The Morgan fingerprint density at radius 3 is 2.57 bits per heavy atom. The molecule has 9 heteroatoms. The maximum absolute atomic E-state index is 13.6. The normalized spacial score (nSPS) is 17.3. The molecule has 0 atom stereocenters. The number of aromatic hydroxyl groups is 1. The number of amides is 1. The number of nitrogens with zero attached hydrogens (tertiary/aromatic N) is 4. The Morgan fingerprint density at radius 1 is 1.11 bits per heavy atom. The average Bonchev–Trinajstić information content (AvgIpc) is 3.36. The van der Waals surface area contributed by atoms with Gasteiger partial charge in [-0.2, -0.15) is 0 Å². The van der Waals surface area contributed by atoms with Crippen molar-refractivity contribution in [3.05, 3.63) is 59.0 Å². The quantitative estimate of drug-likeness (QED) is 0.517. The molecule has 9 nitrogen and oxygen atoms in total. The van der Waals surface area contributed by atoms with Gasteiger partial charge in [0.05, 0.1) is 12.7 Å². The number of likely N-dealkylation sites (N-methyl/N-ethyl adjacent to an activating group) is 1. The molecule has 3 aromatic rings. The Balaban J connectivity index is 1.63. The van der Waals surface area contributed by atoms with Crippen LogP contribution >= 0.6 is 0 Å². The topological polar surface area (TPSA) is 87.5 Å². The molecule has 0 aliphatic carbocycles. The second kappa shape index (κ2) is 9.91. The molecule has 1 amide bonds. The molecular weight excluding hydrogens is 472 g/mol. The summed E-state index contributed by atoms with van der Waals surface area (Å²) in [6.45, 7) is 5.40. The molecule has 2 aliphatic rings. The number of piperazine rings is 1. The maximum Gasteiger partial charge on any atom is 0.270 e. The lowest BCUT2D eigenvalue weighted by Crippen LogP contribution is -2.45. The van der Waals surface area contributed by atoms with E-state index in [2.05, 4.69) is 16.8 Å². The van der Waals surface area contributed by atoms with Crippen LogP contribution in [0, 0.1) is 0 Å². The second-order valence-electron chi connectivity index (χ2n) is 9.76. The minimum Gasteiger partial charge on any atom is -0.508 e. The number of hydrogen-bond acceptors (Lipinski definition) is 7. The summed E-state index contributed by atoms with van der Waals surface area (Å²) < 4.78 is 13.4. The predicted molar refractivity (Wildman–Crippen MR) is 141 cm³/mol. The number of phenols is 1. The Morgan fingerprint density at radius 2 is 1.86 bits per heavy atom. The molecule has 2 aliphatic heterocycles. The molecule has 0 spiro atoms. The van der Waals surface area contributed by atoms with E-state index in [9.17, 15) is 14.7 Å². The van der Waals surface area contributed by atoms with E-state index in [1.54, 1.807) is 38.2 Å². The number of carbonyl (C=O) groups excluding carboxylic acids is 2. The maximum atomic E-state index is 13.6. The smallest absolute Gasteiger partial charge is 0.270 e. The molecule has 1 aromatic heterocycles. The number of carbonyl (C=O) groups is 2. The van der Waals surface area contributed by atoms with Crippen molar-refractivity contribution in [2.24, 2.45) is 0 Å². The molecule has 0 saturated carbocycles. The van der Waals surface area contributed by atoms with Crippen LogP contribution in [0.15, 0.2) is 42.2 Å². The summed E-state index contributed by atoms with van der Waals surface area (Å²) in [7, 11) is 7.17. The average molecular weight is 505 g/mol. The number of aromatic nitrogens is 1. The van der Waals surface area contributed by atoms with Crippen LogP contribution in [0.25, 0.3) is 17.0 Å². The van der Waals surface area contributed by atoms with Crippen LogP contribution < -0.4 is 9.47 Å². The molecule has 1 N–H and O–H groups in total. The van der Waals surface area contributed by atoms with E-state index in [1.807, 2.05) is 22.8 Å². The van der Waals surface area contributed by atoms with Crippen molar-refractivity contribution in [3.63, 3.8) is 0 Å². The Labute approximate surface area is 216 Å². The first-order valence-electron chi connectivity index (χ1n) is 12.4. The van der Waals surface area contributed by atoms with Crippen LogP contribution in [0.4, 0.5) is 0 Å². The number of ketones is 1. The summed E-state index contributed by atoms with van der Waals surface area (Å²) in [6, 6.07) is 10.1. The summed E-state index contributed by atoms with van der Waals surface area (Å²) in [4.78, 5) is 33.0. The fourth-order valence-corrected chi connectivity index (χ4v) is 4.93. The molecule has 0 bridgehead atoms. The first-order valence-corrected chi connectivity index (χ1v) is 12.4. The summed E-state index contributed by atoms with van der Waals surface area (Å²) in [5.74, 6) is 0.614. The van der Waals surface area contributed by atoms with E-state index in [4.69, 9.17) is 9.47 Å². The highest BCUT2D eigenvalue weighted by Gasteiger charge is 2.30. The van der Waals surface area contributed by atoms with Gasteiger partial charge in [0, 0.05) is 75.9 Å². The zero-order valence-corrected chi connectivity index (χ0v) is 21.7. The van der Waals surface area contributed by atoms with Gasteiger partial charge in [0.25, 0.3) is 5.91 Å². The van der Waals surface area contributed by atoms with Crippen LogP contribution in [0.5, 0.6) is 17.2 Å². The fourth-order valence-electron chi connectivity index (χ4n) is 4.93. The van der Waals surface area contributed by atoms with Gasteiger partial charge >= 0.3 is 0 Å². The number of phenolic OH excluding ortho intramolecular Hbond substituents is 1. The summed E-state index contributed by atoms with van der Waals surface area (Å²) in [5, 5.41) is 10.6. The van der Waals surface area contributed by atoms with Crippen molar-refractivity contribution >= 4 is 28.7 Å². The monoisotopic (exact) mass is 504 g/mol. The highest BCUT2D eigenvalue weighted by molar-refractivity contribution is 6.16. The fraction of sp³-hybridized carbons (Fsp3) is 0.357. The Hall–Kier alpha value is -3.82. The molecule has 3 heterocycles.